The minimum absolute atomic E-state index is 0.107. The molecule has 6 heteroatoms. The van der Waals surface area contributed by atoms with E-state index in [1.54, 1.807) is 0 Å². The summed E-state index contributed by atoms with van der Waals surface area (Å²) in [4.78, 5) is 34.7. The van der Waals surface area contributed by atoms with E-state index >= 15 is 0 Å². The average Bonchev–Trinajstić information content (AvgIpc) is 2.38. The minimum atomic E-state index is -2.45. The van der Waals surface area contributed by atoms with Gasteiger partial charge in [-0.1, -0.05) is 26.7 Å². The first-order valence-corrected chi connectivity index (χ1v) is 6.94. The maximum absolute atomic E-state index is 11.7. The molecule has 0 spiro atoms. The molecule has 0 aromatic heterocycles. The van der Waals surface area contributed by atoms with Crippen LogP contribution in [0.3, 0.4) is 0 Å². The molecule has 1 N–H and O–H groups in total. The molecule has 0 amide bonds. The Morgan fingerprint density at radius 2 is 1.50 bits per heavy atom. The maximum atomic E-state index is 11.7. The normalized spacial score (nSPS) is 13.4. The molecule has 0 aromatic rings. The molecular weight excluding hydrogens is 264 g/mol. The van der Waals surface area contributed by atoms with Crippen LogP contribution in [0, 0.1) is 0 Å². The van der Waals surface area contributed by atoms with Crippen LogP contribution in [0.5, 0.6) is 0 Å². The van der Waals surface area contributed by atoms with Gasteiger partial charge in [0, 0.05) is 0 Å². The van der Waals surface area contributed by atoms with E-state index in [0.717, 1.165) is 19.8 Å². The first kappa shape index (κ1) is 18.6. The molecular formula is C14H24O6. The van der Waals surface area contributed by atoms with Gasteiger partial charge in [-0.25, -0.2) is 4.79 Å². The number of unbranched alkanes of at least 4 members (excludes halogenated alkanes) is 2. The summed E-state index contributed by atoms with van der Waals surface area (Å²) in [5, 5.41) is 10.1. The molecule has 0 fully saturated rings. The van der Waals surface area contributed by atoms with E-state index in [2.05, 4.69) is 0 Å². The summed E-state index contributed by atoms with van der Waals surface area (Å²) in [6.45, 7) is 5.20. The lowest BCUT2D eigenvalue weighted by atomic mass is 9.95. The van der Waals surface area contributed by atoms with Crippen molar-refractivity contribution in [2.45, 2.75) is 58.5 Å². The molecule has 0 aliphatic carbocycles. The van der Waals surface area contributed by atoms with Gasteiger partial charge in [-0.3, -0.25) is 9.59 Å². The monoisotopic (exact) mass is 288 g/mol. The Hall–Kier alpha value is -1.43. The molecule has 0 bridgehead atoms. The molecule has 6 nitrogen and oxygen atoms in total. The largest absolute Gasteiger partial charge is 0.466 e. The quantitative estimate of drug-likeness (QED) is 0.371. The second kappa shape index (κ2) is 9.47. The van der Waals surface area contributed by atoms with Crippen LogP contribution in [-0.4, -0.2) is 41.6 Å². The molecule has 0 aliphatic heterocycles. The minimum Gasteiger partial charge on any atom is -0.466 e. The third-order valence-electron chi connectivity index (χ3n) is 2.81. The molecule has 0 saturated carbocycles. The van der Waals surface area contributed by atoms with Crippen molar-refractivity contribution in [3.8, 4) is 0 Å². The molecule has 1 unspecified atom stereocenters. The van der Waals surface area contributed by atoms with Gasteiger partial charge in [0.1, 0.15) is 0 Å². The zero-order valence-corrected chi connectivity index (χ0v) is 12.4. The molecule has 20 heavy (non-hydrogen) atoms. The number of ketones is 1. The number of hydrogen-bond donors (Lipinski definition) is 1. The van der Waals surface area contributed by atoms with E-state index in [9.17, 15) is 19.5 Å². The SMILES string of the molecule is CCCCOC(=O)CC(O)(C(C)=O)C(=O)OCCCC. The van der Waals surface area contributed by atoms with Crippen molar-refractivity contribution >= 4 is 17.7 Å². The van der Waals surface area contributed by atoms with Gasteiger partial charge < -0.3 is 14.6 Å². The third kappa shape index (κ3) is 6.14. The van der Waals surface area contributed by atoms with E-state index in [1.165, 1.54) is 0 Å². The van der Waals surface area contributed by atoms with E-state index in [0.29, 0.717) is 12.8 Å². The number of hydrogen-bond acceptors (Lipinski definition) is 6. The van der Waals surface area contributed by atoms with Crippen LogP contribution in [-0.2, 0) is 23.9 Å². The predicted molar refractivity (Wildman–Crippen MR) is 72.0 cm³/mol. The lowest BCUT2D eigenvalue weighted by Crippen LogP contribution is -2.48. The Bertz CT molecular complexity index is 339. The molecule has 0 saturated heterocycles. The Morgan fingerprint density at radius 3 is 1.95 bits per heavy atom. The van der Waals surface area contributed by atoms with Crippen molar-refractivity contribution in [3.63, 3.8) is 0 Å². The highest BCUT2D eigenvalue weighted by molar-refractivity contribution is 6.08. The summed E-state index contributed by atoms with van der Waals surface area (Å²) in [6, 6.07) is 0. The Kier molecular flexibility index (Phi) is 8.79. The van der Waals surface area contributed by atoms with Crippen LogP contribution >= 0.6 is 0 Å². The average molecular weight is 288 g/mol. The first-order chi connectivity index (χ1) is 9.38. The number of carbonyl (C=O) groups is 3. The Balaban J connectivity index is 4.55. The van der Waals surface area contributed by atoms with Crippen LogP contribution in [0.15, 0.2) is 0 Å². The maximum Gasteiger partial charge on any atom is 0.346 e. The summed E-state index contributed by atoms with van der Waals surface area (Å²) in [5.74, 6) is -2.71. The van der Waals surface area contributed by atoms with Crippen molar-refractivity contribution in [2.75, 3.05) is 13.2 Å². The highest BCUT2D eigenvalue weighted by Gasteiger charge is 2.45. The lowest BCUT2D eigenvalue weighted by molar-refractivity contribution is -0.176. The summed E-state index contributed by atoms with van der Waals surface area (Å²) < 4.78 is 9.66. The predicted octanol–water partition coefficient (Wildman–Crippen LogP) is 1.38. The highest BCUT2D eigenvalue weighted by atomic mass is 16.6. The van der Waals surface area contributed by atoms with Gasteiger partial charge in [0.25, 0.3) is 0 Å². The zero-order valence-electron chi connectivity index (χ0n) is 12.4. The number of carbonyl (C=O) groups excluding carboxylic acids is 3. The van der Waals surface area contributed by atoms with Gasteiger partial charge in [-0.2, -0.15) is 0 Å². The van der Waals surface area contributed by atoms with E-state index in [1.807, 2.05) is 13.8 Å². The van der Waals surface area contributed by atoms with Gasteiger partial charge in [0.05, 0.1) is 19.6 Å². The summed E-state index contributed by atoms with van der Waals surface area (Å²) in [5.41, 5.74) is -2.45. The number of aliphatic hydroxyl groups is 1. The van der Waals surface area contributed by atoms with Crippen LogP contribution in [0.4, 0.5) is 0 Å². The second-order valence-corrected chi connectivity index (χ2v) is 4.66. The lowest BCUT2D eigenvalue weighted by Gasteiger charge is -2.22. The van der Waals surface area contributed by atoms with E-state index in [4.69, 9.17) is 9.47 Å². The van der Waals surface area contributed by atoms with Crippen molar-refractivity contribution in [1.82, 2.24) is 0 Å². The number of esters is 2. The molecule has 0 heterocycles. The van der Waals surface area contributed by atoms with E-state index in [-0.39, 0.29) is 13.2 Å². The van der Waals surface area contributed by atoms with Crippen molar-refractivity contribution in [1.29, 1.82) is 0 Å². The fourth-order valence-electron chi connectivity index (χ4n) is 1.36. The summed E-state index contributed by atoms with van der Waals surface area (Å²) in [7, 11) is 0. The van der Waals surface area contributed by atoms with Crippen LogP contribution in [0.2, 0.25) is 0 Å². The van der Waals surface area contributed by atoms with Crippen molar-refractivity contribution < 1.29 is 29.0 Å². The fourth-order valence-corrected chi connectivity index (χ4v) is 1.36. The van der Waals surface area contributed by atoms with E-state index < -0.39 is 29.7 Å². The molecule has 0 aromatic carbocycles. The second-order valence-electron chi connectivity index (χ2n) is 4.66. The summed E-state index contributed by atoms with van der Waals surface area (Å²) >= 11 is 0. The fraction of sp³-hybridized carbons (Fsp3) is 0.786. The highest BCUT2D eigenvalue weighted by Crippen LogP contribution is 2.16. The van der Waals surface area contributed by atoms with Crippen molar-refractivity contribution in [2.24, 2.45) is 0 Å². The Morgan fingerprint density at radius 1 is 1.00 bits per heavy atom. The van der Waals surface area contributed by atoms with Gasteiger partial charge >= 0.3 is 11.9 Å². The van der Waals surface area contributed by atoms with Crippen molar-refractivity contribution in [3.05, 3.63) is 0 Å². The standard InChI is InChI=1S/C14H24O6/c1-4-6-8-19-12(16)10-14(18,11(3)15)13(17)20-9-7-5-2/h18H,4-10H2,1-3H3. The molecule has 0 rings (SSSR count). The molecule has 1 atom stereocenters. The zero-order chi connectivity index (χ0) is 15.6. The number of ether oxygens (including phenoxy) is 2. The first-order valence-electron chi connectivity index (χ1n) is 6.94. The molecule has 116 valence electrons. The third-order valence-corrected chi connectivity index (χ3v) is 2.81. The topological polar surface area (TPSA) is 89.9 Å². The van der Waals surface area contributed by atoms with Crippen LogP contribution in [0.1, 0.15) is 52.9 Å². The van der Waals surface area contributed by atoms with Gasteiger partial charge in [0.15, 0.2) is 5.78 Å². The Labute approximate surface area is 119 Å². The van der Waals surface area contributed by atoms with Crippen LogP contribution in [0.25, 0.3) is 0 Å². The number of rotatable bonds is 10. The van der Waals surface area contributed by atoms with Gasteiger partial charge in [0.2, 0.25) is 5.60 Å². The van der Waals surface area contributed by atoms with Gasteiger partial charge in [-0.15, -0.1) is 0 Å². The number of Topliss-reactive ketones (excluding diaryl/α,β-unsaturated/α-hetero) is 1. The summed E-state index contributed by atoms with van der Waals surface area (Å²) in [6.07, 6.45) is 2.26. The smallest absolute Gasteiger partial charge is 0.346 e. The molecule has 0 aliphatic rings. The van der Waals surface area contributed by atoms with Crippen LogP contribution < -0.4 is 0 Å². The van der Waals surface area contributed by atoms with Gasteiger partial charge in [-0.05, 0) is 19.8 Å². The molecule has 0 radical (unpaired) electrons.